The molecule has 1 aromatic carbocycles. The lowest BCUT2D eigenvalue weighted by atomic mass is 9.96. The van der Waals surface area contributed by atoms with E-state index in [0.717, 1.165) is 24.1 Å². The molecule has 166 valence electrons. The zero-order valence-electron chi connectivity index (χ0n) is 18.4. The number of ether oxygens (including phenoxy) is 1. The van der Waals surface area contributed by atoms with Crippen LogP contribution in [0.3, 0.4) is 0 Å². The van der Waals surface area contributed by atoms with E-state index < -0.39 is 0 Å². The smallest absolute Gasteiger partial charge is 0.276 e. The normalized spacial score (nSPS) is 16.0. The zero-order valence-corrected chi connectivity index (χ0v) is 18.4. The number of hydrogen-bond donors (Lipinski definition) is 1. The van der Waals surface area contributed by atoms with E-state index in [1.165, 1.54) is 0 Å². The molecule has 1 atom stereocenters. The number of rotatable bonds is 5. The summed E-state index contributed by atoms with van der Waals surface area (Å²) in [6.45, 7) is 4.62. The average molecular weight is 435 g/mol. The van der Waals surface area contributed by atoms with Gasteiger partial charge in [-0.1, -0.05) is 17.3 Å². The predicted molar refractivity (Wildman–Crippen MR) is 119 cm³/mol. The van der Waals surface area contributed by atoms with E-state index >= 15 is 0 Å². The van der Waals surface area contributed by atoms with E-state index in [1.807, 2.05) is 50.2 Å². The summed E-state index contributed by atoms with van der Waals surface area (Å²) in [6.07, 6.45) is 3.11. The summed E-state index contributed by atoms with van der Waals surface area (Å²) in [5, 5.41) is 11.2. The molecular weight excluding hydrogens is 408 g/mol. The molecular formula is C23H26N6O3. The number of carbonyl (C=O) groups excluding carboxylic acids is 2. The van der Waals surface area contributed by atoms with E-state index in [4.69, 9.17) is 4.74 Å². The van der Waals surface area contributed by atoms with E-state index in [2.05, 4.69) is 20.6 Å². The molecule has 1 N–H and O–H groups in total. The highest BCUT2D eigenvalue weighted by Gasteiger charge is 2.31. The van der Waals surface area contributed by atoms with Crippen LogP contribution >= 0.6 is 0 Å². The molecule has 1 aliphatic rings. The Morgan fingerprint density at radius 3 is 2.81 bits per heavy atom. The van der Waals surface area contributed by atoms with Gasteiger partial charge in [0.1, 0.15) is 11.6 Å². The van der Waals surface area contributed by atoms with Crippen LogP contribution in [0.1, 0.15) is 34.6 Å². The second kappa shape index (κ2) is 9.17. The van der Waals surface area contributed by atoms with E-state index in [-0.39, 0.29) is 23.4 Å². The molecule has 2 amide bonds. The van der Waals surface area contributed by atoms with Crippen molar-refractivity contribution >= 4 is 17.6 Å². The Hall–Kier alpha value is -3.75. The minimum Gasteiger partial charge on any atom is -0.497 e. The molecule has 0 radical (unpaired) electrons. The van der Waals surface area contributed by atoms with Crippen molar-refractivity contribution in [3.63, 3.8) is 0 Å². The van der Waals surface area contributed by atoms with Gasteiger partial charge >= 0.3 is 0 Å². The Morgan fingerprint density at radius 1 is 1.19 bits per heavy atom. The third-order valence-electron chi connectivity index (χ3n) is 5.73. The van der Waals surface area contributed by atoms with E-state index in [1.54, 1.807) is 22.9 Å². The van der Waals surface area contributed by atoms with Gasteiger partial charge in [-0.15, -0.1) is 5.10 Å². The molecule has 4 rings (SSSR count). The van der Waals surface area contributed by atoms with Gasteiger partial charge in [0.15, 0.2) is 5.69 Å². The summed E-state index contributed by atoms with van der Waals surface area (Å²) < 4.78 is 6.89. The number of methoxy groups -OCH3 is 1. The molecule has 1 saturated heterocycles. The lowest BCUT2D eigenvalue weighted by molar-refractivity contribution is -0.121. The Balaban J connectivity index is 1.48. The van der Waals surface area contributed by atoms with Crippen molar-refractivity contribution in [1.29, 1.82) is 0 Å². The summed E-state index contributed by atoms with van der Waals surface area (Å²) in [5.74, 6) is 0.600. The number of benzene rings is 1. The average Bonchev–Trinajstić information content (AvgIpc) is 3.21. The Labute approximate surface area is 186 Å². The Morgan fingerprint density at radius 2 is 2.03 bits per heavy atom. The topological polar surface area (TPSA) is 102 Å². The van der Waals surface area contributed by atoms with Crippen LogP contribution in [0.4, 0.5) is 5.82 Å². The zero-order chi connectivity index (χ0) is 22.7. The maximum absolute atomic E-state index is 13.2. The van der Waals surface area contributed by atoms with Crippen LogP contribution in [0.2, 0.25) is 0 Å². The molecule has 3 heterocycles. The van der Waals surface area contributed by atoms with Gasteiger partial charge in [0, 0.05) is 25.4 Å². The molecule has 32 heavy (non-hydrogen) atoms. The fourth-order valence-corrected chi connectivity index (χ4v) is 3.87. The fraction of sp³-hybridized carbons (Fsp3) is 0.348. The highest BCUT2D eigenvalue weighted by atomic mass is 16.5. The SMILES string of the molecule is COc1cccc(-n2nnc(C(=O)N3CCCC(C(=O)Nc4ncccc4C)C3)c2C)c1. The first kappa shape index (κ1) is 21.5. The molecule has 0 bridgehead atoms. The number of likely N-dealkylation sites (tertiary alicyclic amines) is 1. The number of pyridine rings is 1. The van der Waals surface area contributed by atoms with Crippen LogP contribution in [-0.4, -0.2) is 56.9 Å². The number of amides is 2. The quantitative estimate of drug-likeness (QED) is 0.663. The van der Waals surface area contributed by atoms with Gasteiger partial charge in [-0.2, -0.15) is 0 Å². The van der Waals surface area contributed by atoms with Gasteiger partial charge in [-0.25, -0.2) is 9.67 Å². The number of aromatic nitrogens is 4. The first-order valence-electron chi connectivity index (χ1n) is 10.6. The lowest BCUT2D eigenvalue weighted by Gasteiger charge is -2.31. The summed E-state index contributed by atoms with van der Waals surface area (Å²) in [6, 6.07) is 11.1. The lowest BCUT2D eigenvalue weighted by Crippen LogP contribution is -2.44. The second-order valence-electron chi connectivity index (χ2n) is 7.89. The molecule has 2 aromatic heterocycles. The number of carbonyl (C=O) groups is 2. The van der Waals surface area contributed by atoms with Gasteiger partial charge in [0.25, 0.3) is 5.91 Å². The fourth-order valence-electron chi connectivity index (χ4n) is 3.87. The van der Waals surface area contributed by atoms with Crippen molar-refractivity contribution in [2.75, 3.05) is 25.5 Å². The molecule has 1 unspecified atom stereocenters. The standard InChI is InChI=1S/C23H26N6O3/c1-15-7-5-11-24-21(15)25-22(30)17-8-6-12-28(14-17)23(31)20-16(2)29(27-26-20)18-9-4-10-19(13-18)32-3/h4-5,7,9-11,13,17H,6,8,12,14H2,1-3H3,(H,24,25,30). The molecule has 0 saturated carbocycles. The molecule has 9 heteroatoms. The van der Waals surface area contributed by atoms with Gasteiger partial charge in [0.05, 0.1) is 24.4 Å². The Kier molecular flexibility index (Phi) is 6.16. The molecule has 1 aliphatic heterocycles. The first-order chi connectivity index (χ1) is 15.5. The van der Waals surface area contributed by atoms with Crippen LogP contribution in [-0.2, 0) is 4.79 Å². The maximum Gasteiger partial charge on any atom is 0.276 e. The molecule has 0 aliphatic carbocycles. The second-order valence-corrected chi connectivity index (χ2v) is 7.89. The number of anilines is 1. The molecule has 3 aromatic rings. The van der Waals surface area contributed by atoms with Crippen LogP contribution in [0.5, 0.6) is 5.75 Å². The highest BCUT2D eigenvalue weighted by molar-refractivity contribution is 5.95. The molecule has 0 spiro atoms. The predicted octanol–water partition coefficient (Wildman–Crippen LogP) is 2.78. The number of nitrogens with zero attached hydrogens (tertiary/aromatic N) is 5. The van der Waals surface area contributed by atoms with Crippen molar-refractivity contribution in [3.05, 3.63) is 59.5 Å². The van der Waals surface area contributed by atoms with Crippen LogP contribution in [0, 0.1) is 19.8 Å². The maximum atomic E-state index is 13.2. The van der Waals surface area contributed by atoms with Crippen molar-refractivity contribution < 1.29 is 14.3 Å². The van der Waals surface area contributed by atoms with Gasteiger partial charge in [-0.05, 0) is 50.5 Å². The Bertz CT molecular complexity index is 1140. The summed E-state index contributed by atoms with van der Waals surface area (Å²) in [5.41, 5.74) is 2.58. The van der Waals surface area contributed by atoms with Crippen LogP contribution in [0.15, 0.2) is 42.6 Å². The van der Waals surface area contributed by atoms with E-state index in [0.29, 0.717) is 30.4 Å². The summed E-state index contributed by atoms with van der Waals surface area (Å²) in [7, 11) is 1.60. The highest BCUT2D eigenvalue weighted by Crippen LogP contribution is 2.23. The van der Waals surface area contributed by atoms with E-state index in [9.17, 15) is 9.59 Å². The minimum atomic E-state index is -0.303. The largest absolute Gasteiger partial charge is 0.497 e. The van der Waals surface area contributed by atoms with Crippen LogP contribution < -0.4 is 10.1 Å². The number of piperidine rings is 1. The third kappa shape index (κ3) is 4.32. The minimum absolute atomic E-state index is 0.124. The summed E-state index contributed by atoms with van der Waals surface area (Å²) >= 11 is 0. The van der Waals surface area contributed by atoms with Crippen molar-refractivity contribution in [1.82, 2.24) is 24.9 Å². The number of aryl methyl sites for hydroxylation is 1. The van der Waals surface area contributed by atoms with Gasteiger partial charge < -0.3 is 15.0 Å². The monoisotopic (exact) mass is 434 g/mol. The van der Waals surface area contributed by atoms with Crippen molar-refractivity contribution in [2.45, 2.75) is 26.7 Å². The third-order valence-corrected chi connectivity index (χ3v) is 5.73. The number of nitrogens with one attached hydrogen (secondary N) is 1. The summed E-state index contributed by atoms with van der Waals surface area (Å²) in [4.78, 5) is 31.9. The van der Waals surface area contributed by atoms with Crippen LogP contribution in [0.25, 0.3) is 5.69 Å². The molecule has 9 nitrogen and oxygen atoms in total. The van der Waals surface area contributed by atoms with Gasteiger partial charge in [-0.3, -0.25) is 9.59 Å². The number of hydrogen-bond acceptors (Lipinski definition) is 6. The van der Waals surface area contributed by atoms with Crippen molar-refractivity contribution in [3.8, 4) is 11.4 Å². The van der Waals surface area contributed by atoms with Crippen molar-refractivity contribution in [2.24, 2.45) is 5.92 Å². The van der Waals surface area contributed by atoms with Gasteiger partial charge in [0.2, 0.25) is 5.91 Å². The first-order valence-corrected chi connectivity index (χ1v) is 10.6. The molecule has 1 fully saturated rings.